The van der Waals surface area contributed by atoms with Crippen LogP contribution < -0.4 is 0 Å². The van der Waals surface area contributed by atoms with Gasteiger partial charge in [-0.1, -0.05) is 30.3 Å². The van der Waals surface area contributed by atoms with Crippen LogP contribution in [0.2, 0.25) is 0 Å². The Morgan fingerprint density at radius 2 is 1.69 bits per heavy atom. The summed E-state index contributed by atoms with van der Waals surface area (Å²) < 4.78 is 9.64. The molecule has 6 heteroatoms. The summed E-state index contributed by atoms with van der Waals surface area (Å²) in [7, 11) is 2.59. The minimum absolute atomic E-state index is 0.283. The number of carbonyl (C=O) groups is 3. The van der Waals surface area contributed by atoms with Crippen LogP contribution in [0.4, 0.5) is 0 Å². The van der Waals surface area contributed by atoms with Gasteiger partial charge in [-0.05, 0) is 35.7 Å². The summed E-state index contributed by atoms with van der Waals surface area (Å²) in [6.07, 6.45) is 0.645. The topological polar surface area (TPSA) is 72.9 Å². The lowest BCUT2D eigenvalue weighted by atomic mass is 9.92. The minimum Gasteiger partial charge on any atom is -0.467 e. The Balaban J connectivity index is 1.98. The quantitative estimate of drug-likeness (QED) is 0.792. The molecule has 26 heavy (non-hydrogen) atoms. The molecule has 0 unspecified atom stereocenters. The van der Waals surface area contributed by atoms with Gasteiger partial charge in [-0.3, -0.25) is 4.79 Å². The Hall–Kier alpha value is -3.15. The van der Waals surface area contributed by atoms with Crippen LogP contribution >= 0.6 is 0 Å². The fourth-order valence-corrected chi connectivity index (χ4v) is 3.21. The number of amides is 1. The maximum atomic E-state index is 13.1. The van der Waals surface area contributed by atoms with E-state index >= 15 is 0 Å². The number of benzene rings is 2. The molecular formula is C20H19NO5. The highest BCUT2D eigenvalue weighted by Crippen LogP contribution is 2.32. The lowest BCUT2D eigenvalue weighted by Gasteiger charge is -2.35. The highest BCUT2D eigenvalue weighted by atomic mass is 16.5. The van der Waals surface area contributed by atoms with Gasteiger partial charge in [0.15, 0.2) is 6.04 Å². The molecule has 0 saturated heterocycles. The summed E-state index contributed by atoms with van der Waals surface area (Å²) in [5.74, 6) is -1.34. The average Bonchev–Trinajstić information content (AvgIpc) is 2.71. The van der Waals surface area contributed by atoms with Crippen LogP contribution in [0.25, 0.3) is 0 Å². The van der Waals surface area contributed by atoms with Gasteiger partial charge in [-0.15, -0.1) is 0 Å². The maximum Gasteiger partial charge on any atom is 0.337 e. The zero-order chi connectivity index (χ0) is 18.7. The maximum absolute atomic E-state index is 13.1. The van der Waals surface area contributed by atoms with E-state index in [0.717, 1.165) is 11.1 Å². The number of hydrogen-bond donors (Lipinski definition) is 0. The average molecular weight is 353 g/mol. The molecular weight excluding hydrogens is 334 g/mol. The molecule has 0 aliphatic carbocycles. The van der Waals surface area contributed by atoms with Gasteiger partial charge in [-0.25, -0.2) is 9.59 Å². The number of rotatable bonds is 3. The summed E-state index contributed by atoms with van der Waals surface area (Å²) in [5, 5.41) is 0. The predicted octanol–water partition coefficient (Wildman–Crippen LogP) is 2.39. The minimum atomic E-state index is -0.806. The molecule has 1 aliphatic heterocycles. The van der Waals surface area contributed by atoms with Crippen LogP contribution in [0.3, 0.4) is 0 Å². The first-order valence-corrected chi connectivity index (χ1v) is 8.21. The molecule has 0 aromatic heterocycles. The van der Waals surface area contributed by atoms with E-state index in [1.165, 1.54) is 25.2 Å². The largest absolute Gasteiger partial charge is 0.467 e. The standard InChI is InChI=1S/C20H19NO5/c1-25-19(23)15-8-5-7-14(12-15)18(22)21-11-10-13-6-3-4-9-16(13)17(21)20(24)26-2/h3-9,12,17H,10-11H2,1-2H3/t17-/m1/s1. The second-order valence-corrected chi connectivity index (χ2v) is 5.95. The third-order valence-electron chi connectivity index (χ3n) is 4.50. The molecule has 0 saturated carbocycles. The molecule has 134 valence electrons. The van der Waals surface area contributed by atoms with E-state index < -0.39 is 18.0 Å². The normalized spacial score (nSPS) is 15.8. The van der Waals surface area contributed by atoms with Crippen molar-refractivity contribution >= 4 is 17.8 Å². The van der Waals surface area contributed by atoms with Crippen LogP contribution in [-0.2, 0) is 20.7 Å². The zero-order valence-electron chi connectivity index (χ0n) is 14.6. The predicted molar refractivity (Wildman–Crippen MR) is 93.7 cm³/mol. The van der Waals surface area contributed by atoms with Gasteiger partial charge in [0.25, 0.3) is 5.91 Å². The van der Waals surface area contributed by atoms with Crippen molar-refractivity contribution in [3.05, 3.63) is 70.8 Å². The van der Waals surface area contributed by atoms with Gasteiger partial charge in [-0.2, -0.15) is 0 Å². The number of carbonyl (C=O) groups excluding carboxylic acids is 3. The molecule has 1 heterocycles. The van der Waals surface area contributed by atoms with E-state index in [2.05, 4.69) is 0 Å². The van der Waals surface area contributed by atoms with Crippen molar-refractivity contribution in [2.75, 3.05) is 20.8 Å². The van der Waals surface area contributed by atoms with Crippen molar-refractivity contribution in [1.82, 2.24) is 4.90 Å². The van der Waals surface area contributed by atoms with Gasteiger partial charge in [0, 0.05) is 12.1 Å². The highest BCUT2D eigenvalue weighted by molar-refractivity contribution is 6.00. The Morgan fingerprint density at radius 3 is 2.42 bits per heavy atom. The molecule has 6 nitrogen and oxygen atoms in total. The number of nitrogens with zero attached hydrogens (tertiary/aromatic N) is 1. The van der Waals surface area contributed by atoms with Crippen LogP contribution in [0.5, 0.6) is 0 Å². The molecule has 1 atom stereocenters. The molecule has 0 bridgehead atoms. The van der Waals surface area contributed by atoms with Crippen LogP contribution in [-0.4, -0.2) is 43.5 Å². The van der Waals surface area contributed by atoms with E-state index in [-0.39, 0.29) is 11.5 Å². The summed E-state index contributed by atoms with van der Waals surface area (Å²) in [4.78, 5) is 38.7. The molecule has 1 amide bonds. The second-order valence-electron chi connectivity index (χ2n) is 5.95. The Labute approximate surface area is 151 Å². The summed E-state index contributed by atoms with van der Waals surface area (Å²) >= 11 is 0. The molecule has 0 spiro atoms. The van der Waals surface area contributed by atoms with E-state index in [9.17, 15) is 14.4 Å². The molecule has 0 radical (unpaired) electrons. The van der Waals surface area contributed by atoms with Crippen LogP contribution in [0.15, 0.2) is 48.5 Å². The van der Waals surface area contributed by atoms with Crippen molar-refractivity contribution in [1.29, 1.82) is 0 Å². The van der Waals surface area contributed by atoms with Crippen molar-refractivity contribution in [3.63, 3.8) is 0 Å². The van der Waals surface area contributed by atoms with Crippen molar-refractivity contribution in [2.24, 2.45) is 0 Å². The number of methoxy groups -OCH3 is 2. The van der Waals surface area contributed by atoms with Gasteiger partial charge >= 0.3 is 11.9 Å². The van der Waals surface area contributed by atoms with Gasteiger partial charge in [0.05, 0.1) is 19.8 Å². The lowest BCUT2D eigenvalue weighted by molar-refractivity contribution is -0.146. The molecule has 2 aromatic carbocycles. The van der Waals surface area contributed by atoms with Gasteiger partial charge in [0.2, 0.25) is 0 Å². The van der Waals surface area contributed by atoms with Crippen molar-refractivity contribution in [2.45, 2.75) is 12.5 Å². The summed E-state index contributed by atoms with van der Waals surface area (Å²) in [6.45, 7) is 0.387. The van der Waals surface area contributed by atoms with Crippen LogP contribution in [0.1, 0.15) is 37.9 Å². The number of fused-ring (bicyclic) bond motifs is 1. The lowest BCUT2D eigenvalue weighted by Crippen LogP contribution is -2.44. The number of hydrogen-bond acceptors (Lipinski definition) is 5. The number of ether oxygens (including phenoxy) is 2. The zero-order valence-corrected chi connectivity index (χ0v) is 14.6. The van der Waals surface area contributed by atoms with Crippen molar-refractivity contribution < 1.29 is 23.9 Å². The monoisotopic (exact) mass is 353 g/mol. The van der Waals surface area contributed by atoms with Crippen LogP contribution in [0, 0.1) is 0 Å². The molecule has 0 fully saturated rings. The summed E-state index contributed by atoms with van der Waals surface area (Å²) in [5.41, 5.74) is 2.39. The first kappa shape index (κ1) is 17.7. The SMILES string of the molecule is COC(=O)c1cccc(C(=O)N2CCc3ccccc3[C@@H]2C(=O)OC)c1. The van der Waals surface area contributed by atoms with Gasteiger partial charge < -0.3 is 14.4 Å². The Kier molecular flexibility index (Phi) is 5.02. The number of esters is 2. The van der Waals surface area contributed by atoms with E-state index in [0.29, 0.717) is 18.5 Å². The molecule has 1 aliphatic rings. The van der Waals surface area contributed by atoms with E-state index in [4.69, 9.17) is 9.47 Å². The van der Waals surface area contributed by atoms with E-state index in [1.54, 1.807) is 18.2 Å². The highest BCUT2D eigenvalue weighted by Gasteiger charge is 2.37. The molecule has 0 N–H and O–H groups in total. The summed E-state index contributed by atoms with van der Waals surface area (Å²) in [6, 6.07) is 13.0. The van der Waals surface area contributed by atoms with Gasteiger partial charge in [0.1, 0.15) is 0 Å². The molecule has 2 aromatic rings. The van der Waals surface area contributed by atoms with E-state index in [1.807, 2.05) is 24.3 Å². The fourth-order valence-electron chi connectivity index (χ4n) is 3.21. The van der Waals surface area contributed by atoms with Crippen molar-refractivity contribution in [3.8, 4) is 0 Å². The third kappa shape index (κ3) is 3.18. The first-order chi connectivity index (χ1) is 12.6. The second kappa shape index (κ2) is 7.39. The third-order valence-corrected chi connectivity index (χ3v) is 4.50. The first-order valence-electron chi connectivity index (χ1n) is 8.21. The molecule has 3 rings (SSSR count). The Morgan fingerprint density at radius 1 is 0.962 bits per heavy atom. The fraction of sp³-hybridized carbons (Fsp3) is 0.250. The Bertz CT molecular complexity index is 861. The smallest absolute Gasteiger partial charge is 0.337 e.